The molecule has 1 aliphatic heterocycles. The van der Waals surface area contributed by atoms with E-state index in [2.05, 4.69) is 14.6 Å². The van der Waals surface area contributed by atoms with Crippen LogP contribution in [0, 0.1) is 0 Å². The first-order valence-corrected chi connectivity index (χ1v) is 4.20. The Morgan fingerprint density at radius 2 is 2.36 bits per heavy atom. The van der Waals surface area contributed by atoms with E-state index >= 15 is 0 Å². The van der Waals surface area contributed by atoms with Gasteiger partial charge in [0.1, 0.15) is 12.4 Å². The molecule has 0 aliphatic carbocycles. The maximum atomic E-state index is 5.43. The maximum Gasteiger partial charge on any atom is 0.143 e. The monoisotopic (exact) mass is 167 g/mol. The third-order valence-electron chi connectivity index (χ3n) is 1.68. The topological polar surface area (TPSA) is 21.3 Å². The lowest BCUT2D eigenvalue weighted by molar-refractivity contribution is 0.323. The van der Waals surface area contributed by atoms with Crippen molar-refractivity contribution in [3.05, 3.63) is 18.2 Å². The van der Waals surface area contributed by atoms with Gasteiger partial charge < -0.3 is 10.1 Å². The number of ether oxygens (including phenoxy) is 1. The Balaban J connectivity index is 2.43. The van der Waals surface area contributed by atoms with Gasteiger partial charge in [0.2, 0.25) is 0 Å². The first-order valence-electron chi connectivity index (χ1n) is 3.62. The molecule has 1 N–H and O–H groups in total. The van der Waals surface area contributed by atoms with Crippen LogP contribution >= 0.6 is 9.24 Å². The molecular formula is C8H10NOP. The summed E-state index contributed by atoms with van der Waals surface area (Å²) < 4.78 is 5.43. The fourth-order valence-corrected chi connectivity index (χ4v) is 1.40. The van der Waals surface area contributed by atoms with Crippen molar-refractivity contribution in [3.63, 3.8) is 0 Å². The van der Waals surface area contributed by atoms with Gasteiger partial charge in [0.05, 0.1) is 5.69 Å². The molecule has 0 amide bonds. The Hall–Kier alpha value is -0.750. The summed E-state index contributed by atoms with van der Waals surface area (Å²) in [7, 11) is 2.65. The first kappa shape index (κ1) is 6.93. The highest BCUT2D eigenvalue weighted by Crippen LogP contribution is 2.25. The van der Waals surface area contributed by atoms with Crippen molar-refractivity contribution >= 4 is 20.2 Å². The molecule has 3 heteroatoms. The number of nitrogens with one attached hydrogen (secondary N) is 1. The predicted molar refractivity (Wildman–Crippen MR) is 49.8 cm³/mol. The SMILES string of the molecule is Pc1ccc2c(c1)OCCN2. The lowest BCUT2D eigenvalue weighted by atomic mass is 10.2. The quantitative estimate of drug-likeness (QED) is 0.582. The number of hydrogen-bond acceptors (Lipinski definition) is 2. The van der Waals surface area contributed by atoms with Gasteiger partial charge in [-0.15, -0.1) is 9.24 Å². The Labute approximate surface area is 68.1 Å². The average molecular weight is 167 g/mol. The molecule has 1 aliphatic rings. The zero-order valence-corrected chi connectivity index (χ0v) is 7.29. The van der Waals surface area contributed by atoms with Crippen molar-refractivity contribution in [2.45, 2.75) is 0 Å². The Morgan fingerprint density at radius 3 is 3.27 bits per heavy atom. The van der Waals surface area contributed by atoms with Crippen molar-refractivity contribution in [2.75, 3.05) is 18.5 Å². The molecule has 2 nitrogen and oxygen atoms in total. The van der Waals surface area contributed by atoms with Crippen LogP contribution in [0.3, 0.4) is 0 Å². The summed E-state index contributed by atoms with van der Waals surface area (Å²) in [5.41, 5.74) is 1.10. The summed E-state index contributed by atoms with van der Waals surface area (Å²) in [5.74, 6) is 0.962. The summed E-state index contributed by atoms with van der Waals surface area (Å²) >= 11 is 0. The molecule has 0 spiro atoms. The third kappa shape index (κ3) is 1.31. The second-order valence-corrected chi connectivity index (χ2v) is 3.20. The van der Waals surface area contributed by atoms with E-state index in [1.54, 1.807) is 0 Å². The van der Waals surface area contributed by atoms with Gasteiger partial charge in [-0.05, 0) is 17.4 Å². The summed E-state index contributed by atoms with van der Waals surface area (Å²) in [5, 5.41) is 4.42. The minimum atomic E-state index is 0.765. The standard InChI is InChI=1S/C8H10NOP/c11-6-1-2-7-8(5-6)10-4-3-9-7/h1-2,5,9H,3-4,11H2. The molecule has 0 saturated carbocycles. The number of fused-ring (bicyclic) bond motifs is 1. The zero-order valence-electron chi connectivity index (χ0n) is 6.13. The number of hydrogen-bond donors (Lipinski definition) is 1. The molecule has 1 atom stereocenters. The molecule has 0 fully saturated rings. The van der Waals surface area contributed by atoms with Crippen molar-refractivity contribution in [3.8, 4) is 5.75 Å². The van der Waals surface area contributed by atoms with E-state index in [4.69, 9.17) is 4.74 Å². The molecule has 1 aromatic carbocycles. The molecule has 11 heavy (non-hydrogen) atoms. The van der Waals surface area contributed by atoms with E-state index in [0.29, 0.717) is 0 Å². The van der Waals surface area contributed by atoms with E-state index in [1.807, 2.05) is 18.2 Å². The largest absolute Gasteiger partial charge is 0.490 e. The van der Waals surface area contributed by atoms with Crippen molar-refractivity contribution < 1.29 is 4.74 Å². The molecule has 2 rings (SSSR count). The van der Waals surface area contributed by atoms with Gasteiger partial charge in [-0.2, -0.15) is 0 Å². The van der Waals surface area contributed by atoms with Crippen LogP contribution in [-0.2, 0) is 0 Å². The first-order chi connectivity index (χ1) is 5.36. The fraction of sp³-hybridized carbons (Fsp3) is 0.250. The zero-order chi connectivity index (χ0) is 7.68. The van der Waals surface area contributed by atoms with Crippen LogP contribution in [0.15, 0.2) is 18.2 Å². The van der Waals surface area contributed by atoms with Crippen molar-refractivity contribution in [1.29, 1.82) is 0 Å². The van der Waals surface area contributed by atoms with E-state index in [-0.39, 0.29) is 0 Å². The summed E-state index contributed by atoms with van der Waals surface area (Å²) in [4.78, 5) is 0. The molecule has 1 aromatic rings. The Kier molecular flexibility index (Phi) is 1.71. The smallest absolute Gasteiger partial charge is 0.143 e. The summed E-state index contributed by atoms with van der Waals surface area (Å²) in [6.45, 7) is 1.67. The molecule has 0 saturated heterocycles. The van der Waals surface area contributed by atoms with Crippen LogP contribution in [0.4, 0.5) is 5.69 Å². The van der Waals surface area contributed by atoms with Gasteiger partial charge in [-0.3, -0.25) is 0 Å². The number of rotatable bonds is 0. The second kappa shape index (κ2) is 2.71. The van der Waals surface area contributed by atoms with E-state index < -0.39 is 0 Å². The maximum absolute atomic E-state index is 5.43. The minimum Gasteiger partial charge on any atom is -0.490 e. The highest BCUT2D eigenvalue weighted by Gasteiger charge is 2.07. The lowest BCUT2D eigenvalue weighted by Gasteiger charge is -2.18. The molecule has 0 aromatic heterocycles. The van der Waals surface area contributed by atoms with Gasteiger partial charge in [0.25, 0.3) is 0 Å². The lowest BCUT2D eigenvalue weighted by Crippen LogP contribution is -2.18. The highest BCUT2D eigenvalue weighted by molar-refractivity contribution is 7.27. The van der Waals surface area contributed by atoms with E-state index in [0.717, 1.165) is 29.9 Å². The van der Waals surface area contributed by atoms with Crippen LogP contribution in [-0.4, -0.2) is 13.2 Å². The van der Waals surface area contributed by atoms with Gasteiger partial charge in [0.15, 0.2) is 0 Å². The van der Waals surface area contributed by atoms with Gasteiger partial charge in [-0.1, -0.05) is 6.07 Å². The number of benzene rings is 1. The highest BCUT2D eigenvalue weighted by atomic mass is 31.0. The molecular weight excluding hydrogens is 157 g/mol. The number of anilines is 1. The molecule has 1 heterocycles. The molecule has 0 bridgehead atoms. The molecule has 0 radical (unpaired) electrons. The molecule has 1 unspecified atom stereocenters. The Morgan fingerprint density at radius 1 is 1.45 bits per heavy atom. The summed E-state index contributed by atoms with van der Waals surface area (Å²) in [6, 6.07) is 6.11. The molecule has 58 valence electrons. The van der Waals surface area contributed by atoms with Crippen LogP contribution in [0.1, 0.15) is 0 Å². The van der Waals surface area contributed by atoms with Crippen LogP contribution in [0.25, 0.3) is 0 Å². The van der Waals surface area contributed by atoms with Crippen LogP contribution in [0.2, 0.25) is 0 Å². The van der Waals surface area contributed by atoms with E-state index in [9.17, 15) is 0 Å². The van der Waals surface area contributed by atoms with Gasteiger partial charge in [0, 0.05) is 6.54 Å². The fourth-order valence-electron chi connectivity index (χ4n) is 1.15. The van der Waals surface area contributed by atoms with Crippen molar-refractivity contribution in [2.24, 2.45) is 0 Å². The van der Waals surface area contributed by atoms with E-state index in [1.165, 1.54) is 0 Å². The average Bonchev–Trinajstić information content (AvgIpc) is 2.04. The van der Waals surface area contributed by atoms with Crippen LogP contribution < -0.4 is 15.4 Å². The summed E-state index contributed by atoms with van der Waals surface area (Å²) in [6.07, 6.45) is 0. The Bertz CT molecular complexity index is 275. The van der Waals surface area contributed by atoms with Gasteiger partial charge in [-0.25, -0.2) is 0 Å². The normalized spacial score (nSPS) is 14.6. The van der Waals surface area contributed by atoms with Crippen LogP contribution in [0.5, 0.6) is 5.75 Å². The third-order valence-corrected chi connectivity index (χ3v) is 2.04. The van der Waals surface area contributed by atoms with Gasteiger partial charge >= 0.3 is 0 Å². The minimum absolute atomic E-state index is 0.765. The second-order valence-electron chi connectivity index (χ2n) is 2.53. The van der Waals surface area contributed by atoms with Crippen molar-refractivity contribution in [1.82, 2.24) is 0 Å². The predicted octanol–water partition coefficient (Wildman–Crippen LogP) is 0.991.